The predicted octanol–water partition coefficient (Wildman–Crippen LogP) is 4.10. The van der Waals surface area contributed by atoms with E-state index < -0.39 is 0 Å². The predicted molar refractivity (Wildman–Crippen MR) is 110 cm³/mol. The molecule has 5 rings (SSSR count). The third kappa shape index (κ3) is 2.89. The summed E-state index contributed by atoms with van der Waals surface area (Å²) in [4.78, 5) is 13.4. The zero-order chi connectivity index (χ0) is 18.2. The average Bonchev–Trinajstić information content (AvgIpc) is 3.34. The maximum absolute atomic E-state index is 5.53. The summed E-state index contributed by atoms with van der Waals surface area (Å²) in [7, 11) is 0. The molecule has 0 saturated carbocycles. The van der Waals surface area contributed by atoms with Gasteiger partial charge in [-0.05, 0) is 25.1 Å². The number of ether oxygens (including phenoxy) is 1. The van der Waals surface area contributed by atoms with Gasteiger partial charge in [0.2, 0.25) is 0 Å². The second-order valence-electron chi connectivity index (χ2n) is 6.47. The molecule has 7 heteroatoms. The molecule has 0 amide bonds. The van der Waals surface area contributed by atoms with Crippen molar-refractivity contribution in [2.75, 3.05) is 31.2 Å². The topological polar surface area (TPSA) is 66.9 Å². The molecule has 6 nitrogen and oxygen atoms in total. The highest BCUT2D eigenvalue weighted by Gasteiger charge is 2.20. The van der Waals surface area contributed by atoms with Crippen molar-refractivity contribution in [3.05, 3.63) is 41.4 Å². The quantitative estimate of drug-likeness (QED) is 0.582. The number of benzene rings is 1. The number of nitrogens with zero attached hydrogens (tertiary/aromatic N) is 4. The maximum Gasteiger partial charge on any atom is 0.162 e. The van der Waals surface area contributed by atoms with Crippen LogP contribution in [0.1, 0.15) is 11.8 Å². The van der Waals surface area contributed by atoms with E-state index in [9.17, 15) is 0 Å². The Hall–Kier alpha value is -2.77. The number of aromatic nitrogens is 4. The van der Waals surface area contributed by atoms with Gasteiger partial charge in [0.05, 0.1) is 35.1 Å². The molecule has 0 aliphatic carbocycles. The number of fused-ring (bicyclic) bond motifs is 2. The Bertz CT molecular complexity index is 1140. The lowest BCUT2D eigenvalue weighted by molar-refractivity contribution is 0.122. The van der Waals surface area contributed by atoms with Crippen LogP contribution in [0, 0.1) is 0 Å². The Morgan fingerprint density at radius 1 is 1.22 bits per heavy atom. The van der Waals surface area contributed by atoms with Crippen molar-refractivity contribution < 1.29 is 4.74 Å². The zero-order valence-electron chi connectivity index (χ0n) is 15.0. The summed E-state index contributed by atoms with van der Waals surface area (Å²) in [5.41, 5.74) is 2.97. The van der Waals surface area contributed by atoms with Crippen molar-refractivity contribution in [2.45, 2.75) is 6.92 Å². The van der Waals surface area contributed by atoms with Crippen molar-refractivity contribution >= 4 is 44.4 Å². The molecule has 1 fully saturated rings. The number of hydrogen-bond acceptors (Lipinski definition) is 6. The Labute approximate surface area is 160 Å². The monoisotopic (exact) mass is 377 g/mol. The normalized spacial score (nSPS) is 15.4. The summed E-state index contributed by atoms with van der Waals surface area (Å²) >= 11 is 1.74. The van der Waals surface area contributed by atoms with E-state index in [1.165, 1.54) is 4.88 Å². The van der Waals surface area contributed by atoms with Crippen LogP contribution in [0.4, 0.5) is 5.82 Å². The highest BCUT2D eigenvalue weighted by atomic mass is 32.1. The molecular weight excluding hydrogens is 358 g/mol. The summed E-state index contributed by atoms with van der Waals surface area (Å²) in [6.45, 7) is 5.18. The number of allylic oxidation sites excluding steroid dienone is 1. The standard InChI is InChI=1S/C20H19N5OS/c1-2-4-13-11-17-18(27-13)20(25-7-9-26-10-8-25)23-19(22-17)14-5-3-6-16-15(14)12-21-24-16/h2-6,11-12H,7-10H2,1H3,(H,21,24)/b4-2+. The van der Waals surface area contributed by atoms with E-state index in [0.29, 0.717) is 0 Å². The summed E-state index contributed by atoms with van der Waals surface area (Å²) in [6, 6.07) is 8.23. The third-order valence-corrected chi connectivity index (χ3v) is 5.83. The molecule has 27 heavy (non-hydrogen) atoms. The van der Waals surface area contributed by atoms with Gasteiger partial charge in [-0.1, -0.05) is 18.2 Å². The highest BCUT2D eigenvalue weighted by Crippen LogP contribution is 2.36. The van der Waals surface area contributed by atoms with Crippen molar-refractivity contribution in [2.24, 2.45) is 0 Å². The molecule has 1 N–H and O–H groups in total. The van der Waals surface area contributed by atoms with Gasteiger partial charge >= 0.3 is 0 Å². The lowest BCUT2D eigenvalue weighted by atomic mass is 10.1. The van der Waals surface area contributed by atoms with Gasteiger partial charge < -0.3 is 9.64 Å². The second-order valence-corrected chi connectivity index (χ2v) is 7.55. The van der Waals surface area contributed by atoms with Crippen LogP contribution < -0.4 is 4.90 Å². The van der Waals surface area contributed by atoms with Crippen LogP contribution in [0.25, 0.3) is 38.6 Å². The largest absolute Gasteiger partial charge is 0.378 e. The fraction of sp³-hybridized carbons (Fsp3) is 0.250. The van der Waals surface area contributed by atoms with E-state index in [1.54, 1.807) is 11.3 Å². The lowest BCUT2D eigenvalue weighted by Gasteiger charge is -2.28. The van der Waals surface area contributed by atoms with Crippen molar-refractivity contribution in [1.29, 1.82) is 0 Å². The van der Waals surface area contributed by atoms with Gasteiger partial charge in [-0.3, -0.25) is 5.10 Å². The molecule has 1 aliphatic rings. The molecule has 0 bridgehead atoms. The Morgan fingerprint density at radius 3 is 2.96 bits per heavy atom. The molecular formula is C20H19N5OS. The van der Waals surface area contributed by atoms with E-state index in [-0.39, 0.29) is 0 Å². The SMILES string of the molecule is C/C=C/c1cc2nc(-c3cccc4[nH]ncc34)nc(N3CCOCC3)c2s1. The number of hydrogen-bond donors (Lipinski definition) is 1. The zero-order valence-corrected chi connectivity index (χ0v) is 15.8. The van der Waals surface area contributed by atoms with Gasteiger partial charge in [0, 0.05) is 28.9 Å². The number of anilines is 1. The minimum atomic E-state index is 0.727. The molecule has 0 spiro atoms. The fourth-order valence-corrected chi connectivity index (χ4v) is 4.54. The Morgan fingerprint density at radius 2 is 2.11 bits per heavy atom. The van der Waals surface area contributed by atoms with E-state index >= 15 is 0 Å². The van der Waals surface area contributed by atoms with Gasteiger partial charge in [0.1, 0.15) is 0 Å². The van der Waals surface area contributed by atoms with Gasteiger partial charge in [0.15, 0.2) is 11.6 Å². The molecule has 4 heterocycles. The van der Waals surface area contributed by atoms with Crippen molar-refractivity contribution in [1.82, 2.24) is 20.2 Å². The fourth-order valence-electron chi connectivity index (χ4n) is 3.45. The molecule has 1 saturated heterocycles. The number of nitrogens with one attached hydrogen (secondary N) is 1. The minimum absolute atomic E-state index is 0.727. The van der Waals surface area contributed by atoms with Crippen LogP contribution in [0.15, 0.2) is 36.5 Å². The molecule has 0 atom stereocenters. The second kappa shape index (κ2) is 6.75. The first-order valence-corrected chi connectivity index (χ1v) is 9.84. The van der Waals surface area contributed by atoms with Gasteiger partial charge in [0.25, 0.3) is 0 Å². The van der Waals surface area contributed by atoms with Crippen molar-refractivity contribution in [3.8, 4) is 11.4 Å². The molecule has 0 radical (unpaired) electrons. The van der Waals surface area contributed by atoms with E-state index in [0.717, 1.165) is 64.6 Å². The minimum Gasteiger partial charge on any atom is -0.378 e. The number of H-pyrrole nitrogens is 1. The molecule has 136 valence electrons. The smallest absolute Gasteiger partial charge is 0.162 e. The molecule has 1 aromatic carbocycles. The molecule has 4 aromatic rings. The summed E-state index contributed by atoms with van der Waals surface area (Å²) in [5.74, 6) is 1.74. The number of thiophene rings is 1. The van der Waals surface area contributed by atoms with Crippen LogP contribution in [-0.2, 0) is 4.74 Å². The van der Waals surface area contributed by atoms with E-state index in [4.69, 9.17) is 14.7 Å². The highest BCUT2D eigenvalue weighted by molar-refractivity contribution is 7.20. The van der Waals surface area contributed by atoms with Gasteiger partial charge in [-0.2, -0.15) is 5.10 Å². The molecule has 3 aromatic heterocycles. The first-order valence-electron chi connectivity index (χ1n) is 9.03. The lowest BCUT2D eigenvalue weighted by Crippen LogP contribution is -2.36. The van der Waals surface area contributed by atoms with Crippen LogP contribution in [0.5, 0.6) is 0 Å². The molecule has 0 unspecified atom stereocenters. The first kappa shape index (κ1) is 16.4. The van der Waals surface area contributed by atoms with Crippen LogP contribution in [-0.4, -0.2) is 46.5 Å². The summed E-state index contributed by atoms with van der Waals surface area (Å²) in [6.07, 6.45) is 6.01. The third-order valence-electron chi connectivity index (χ3n) is 4.74. The number of morpholine rings is 1. The first-order chi connectivity index (χ1) is 13.3. The number of rotatable bonds is 3. The van der Waals surface area contributed by atoms with E-state index in [2.05, 4.69) is 39.4 Å². The maximum atomic E-state index is 5.53. The molecule has 1 aliphatic heterocycles. The van der Waals surface area contributed by atoms with Crippen LogP contribution >= 0.6 is 11.3 Å². The van der Waals surface area contributed by atoms with Gasteiger partial charge in [-0.25, -0.2) is 9.97 Å². The van der Waals surface area contributed by atoms with Crippen LogP contribution in [0.3, 0.4) is 0 Å². The number of aromatic amines is 1. The van der Waals surface area contributed by atoms with Crippen LogP contribution in [0.2, 0.25) is 0 Å². The van der Waals surface area contributed by atoms with Crippen molar-refractivity contribution in [3.63, 3.8) is 0 Å². The Kier molecular flexibility index (Phi) is 4.10. The summed E-state index contributed by atoms with van der Waals surface area (Å²) < 4.78 is 6.67. The Balaban J connectivity index is 1.74. The summed E-state index contributed by atoms with van der Waals surface area (Å²) in [5, 5.41) is 8.24. The van der Waals surface area contributed by atoms with E-state index in [1.807, 2.05) is 25.3 Å². The average molecular weight is 377 g/mol. The van der Waals surface area contributed by atoms with Gasteiger partial charge in [-0.15, -0.1) is 11.3 Å².